The van der Waals surface area contributed by atoms with Crippen molar-refractivity contribution < 1.29 is 14.4 Å². The van der Waals surface area contributed by atoms with Gasteiger partial charge in [-0.2, -0.15) is 0 Å². The van der Waals surface area contributed by atoms with Crippen molar-refractivity contribution in [3.8, 4) is 11.8 Å². The predicted octanol–water partition coefficient (Wildman–Crippen LogP) is 1.04. The molecule has 2 aromatic heterocycles. The van der Waals surface area contributed by atoms with Crippen molar-refractivity contribution in [1.82, 2.24) is 15.5 Å². The Morgan fingerprint density at radius 1 is 1.52 bits per heavy atom. The van der Waals surface area contributed by atoms with Gasteiger partial charge in [0.15, 0.2) is 5.76 Å². The molecule has 0 radical (unpaired) electrons. The minimum atomic E-state index is -0.335. The summed E-state index contributed by atoms with van der Waals surface area (Å²) in [5.74, 6) is 5.84. The fourth-order valence-corrected chi connectivity index (χ4v) is 1.65. The van der Waals surface area contributed by atoms with E-state index in [2.05, 4.69) is 27.3 Å². The van der Waals surface area contributed by atoms with Gasteiger partial charge in [0, 0.05) is 18.7 Å². The largest absolute Gasteiger partial charge is 0.395 e. The highest BCUT2D eigenvalue weighted by atomic mass is 16.5. The Kier molecular flexibility index (Phi) is 5.07. The lowest BCUT2D eigenvalue weighted by Crippen LogP contribution is -2.24. The van der Waals surface area contributed by atoms with Crippen LogP contribution in [0.2, 0.25) is 0 Å². The average molecular weight is 285 g/mol. The monoisotopic (exact) mass is 285 g/mol. The van der Waals surface area contributed by atoms with E-state index in [0.717, 1.165) is 5.69 Å². The number of aromatic nitrogens is 2. The Morgan fingerprint density at radius 3 is 3.10 bits per heavy atom. The second-order valence-electron chi connectivity index (χ2n) is 4.29. The number of aliphatic hydroxyl groups excluding tert-OH is 1. The number of rotatable bonds is 4. The van der Waals surface area contributed by atoms with Crippen LogP contribution >= 0.6 is 0 Å². The van der Waals surface area contributed by atoms with Crippen molar-refractivity contribution >= 4 is 5.91 Å². The van der Waals surface area contributed by atoms with E-state index in [1.165, 1.54) is 6.20 Å². The molecule has 2 heterocycles. The van der Waals surface area contributed by atoms with Gasteiger partial charge in [-0.15, -0.1) is 0 Å². The highest BCUT2D eigenvalue weighted by Crippen LogP contribution is 2.05. The van der Waals surface area contributed by atoms with E-state index in [1.807, 2.05) is 6.92 Å². The molecule has 1 amide bonds. The summed E-state index contributed by atoms with van der Waals surface area (Å²) in [6, 6.07) is 5.17. The average Bonchev–Trinajstić information content (AvgIpc) is 2.91. The summed E-state index contributed by atoms with van der Waals surface area (Å²) in [6.07, 6.45) is 1.89. The third kappa shape index (κ3) is 4.16. The van der Waals surface area contributed by atoms with Crippen molar-refractivity contribution in [3.63, 3.8) is 0 Å². The number of aliphatic hydroxyl groups is 1. The maximum atomic E-state index is 12.1. The molecule has 2 aromatic rings. The van der Waals surface area contributed by atoms with Gasteiger partial charge in [-0.25, -0.2) is 4.98 Å². The topological polar surface area (TPSA) is 88.2 Å². The first kappa shape index (κ1) is 14.8. The first-order valence-corrected chi connectivity index (χ1v) is 6.46. The molecule has 2 rings (SSSR count). The van der Waals surface area contributed by atoms with Gasteiger partial charge in [0.25, 0.3) is 5.91 Å². The van der Waals surface area contributed by atoms with Crippen LogP contribution in [0.15, 0.2) is 28.9 Å². The van der Waals surface area contributed by atoms with Crippen LogP contribution in [0, 0.1) is 18.8 Å². The molecule has 0 saturated carbocycles. The van der Waals surface area contributed by atoms with E-state index < -0.39 is 0 Å². The summed E-state index contributed by atoms with van der Waals surface area (Å²) >= 11 is 0. The minimum absolute atomic E-state index is 0.0142. The SMILES string of the molecule is Cc1cc(CNC(=O)c2ncccc2C#CCCO)on1. The van der Waals surface area contributed by atoms with E-state index in [1.54, 1.807) is 18.2 Å². The third-order valence-corrected chi connectivity index (χ3v) is 2.58. The molecule has 6 nitrogen and oxygen atoms in total. The quantitative estimate of drug-likeness (QED) is 0.819. The van der Waals surface area contributed by atoms with Gasteiger partial charge in [-0.3, -0.25) is 4.79 Å². The van der Waals surface area contributed by atoms with E-state index in [4.69, 9.17) is 9.63 Å². The van der Waals surface area contributed by atoms with Gasteiger partial charge in [-0.05, 0) is 19.1 Å². The normalized spacial score (nSPS) is 9.81. The molecule has 2 N–H and O–H groups in total. The van der Waals surface area contributed by atoms with Crippen LogP contribution in [0.4, 0.5) is 0 Å². The number of nitrogens with one attached hydrogen (secondary N) is 1. The summed E-state index contributed by atoms with van der Waals surface area (Å²) in [6.45, 7) is 2.03. The van der Waals surface area contributed by atoms with Crippen molar-refractivity contribution in [2.75, 3.05) is 6.61 Å². The molecule has 0 aliphatic heterocycles. The predicted molar refractivity (Wildman–Crippen MR) is 75.2 cm³/mol. The molecule has 0 atom stereocenters. The highest BCUT2D eigenvalue weighted by molar-refractivity contribution is 5.94. The van der Waals surface area contributed by atoms with Crippen molar-refractivity contribution in [2.45, 2.75) is 19.9 Å². The summed E-state index contributed by atoms with van der Waals surface area (Å²) in [5.41, 5.74) is 1.53. The van der Waals surface area contributed by atoms with Crippen LogP contribution in [-0.4, -0.2) is 27.8 Å². The van der Waals surface area contributed by atoms with E-state index in [9.17, 15) is 4.79 Å². The molecule has 0 saturated heterocycles. The Bertz CT molecular complexity index is 683. The maximum absolute atomic E-state index is 12.1. The number of amides is 1. The van der Waals surface area contributed by atoms with Crippen molar-refractivity contribution in [3.05, 3.63) is 47.1 Å². The number of nitrogens with zero attached hydrogens (tertiary/aromatic N) is 2. The van der Waals surface area contributed by atoms with Gasteiger partial charge < -0.3 is 14.9 Å². The van der Waals surface area contributed by atoms with Crippen molar-refractivity contribution in [2.24, 2.45) is 0 Å². The lowest BCUT2D eigenvalue weighted by molar-refractivity contribution is 0.0942. The fraction of sp³-hybridized carbons (Fsp3) is 0.267. The van der Waals surface area contributed by atoms with E-state index in [0.29, 0.717) is 17.7 Å². The smallest absolute Gasteiger partial charge is 0.271 e. The molecule has 0 aliphatic carbocycles. The standard InChI is InChI=1S/C15H15N3O3/c1-11-9-13(21-18-11)10-17-15(20)14-12(5-2-3-8-19)6-4-7-16-14/h4,6-7,9,19H,3,8,10H2,1H3,(H,17,20). The van der Waals surface area contributed by atoms with Gasteiger partial charge in [0.2, 0.25) is 0 Å². The zero-order valence-electron chi connectivity index (χ0n) is 11.6. The summed E-state index contributed by atoms with van der Waals surface area (Å²) in [7, 11) is 0. The Morgan fingerprint density at radius 2 is 2.38 bits per heavy atom. The highest BCUT2D eigenvalue weighted by Gasteiger charge is 2.12. The van der Waals surface area contributed by atoms with Crippen LogP contribution in [-0.2, 0) is 6.54 Å². The van der Waals surface area contributed by atoms with Crippen LogP contribution in [0.5, 0.6) is 0 Å². The summed E-state index contributed by atoms with van der Waals surface area (Å²) in [5, 5.41) is 15.2. The molecular formula is C15H15N3O3. The zero-order valence-corrected chi connectivity index (χ0v) is 11.6. The number of hydrogen-bond donors (Lipinski definition) is 2. The van der Waals surface area contributed by atoms with Gasteiger partial charge in [0.05, 0.1) is 24.4 Å². The first-order chi connectivity index (χ1) is 10.2. The summed E-state index contributed by atoms with van der Waals surface area (Å²) in [4.78, 5) is 16.2. The molecule has 0 fully saturated rings. The van der Waals surface area contributed by atoms with Gasteiger partial charge >= 0.3 is 0 Å². The Balaban J connectivity index is 2.07. The molecule has 0 bridgehead atoms. The second kappa shape index (κ2) is 7.22. The molecule has 0 aromatic carbocycles. The zero-order chi connectivity index (χ0) is 15.1. The molecule has 6 heteroatoms. The lowest BCUT2D eigenvalue weighted by atomic mass is 10.2. The number of pyridine rings is 1. The van der Waals surface area contributed by atoms with Gasteiger partial charge in [-0.1, -0.05) is 17.0 Å². The number of aryl methyl sites for hydroxylation is 1. The molecule has 0 unspecified atom stereocenters. The maximum Gasteiger partial charge on any atom is 0.271 e. The van der Waals surface area contributed by atoms with Crippen molar-refractivity contribution in [1.29, 1.82) is 0 Å². The molecule has 21 heavy (non-hydrogen) atoms. The van der Waals surface area contributed by atoms with E-state index in [-0.39, 0.29) is 24.8 Å². The van der Waals surface area contributed by atoms with Crippen LogP contribution < -0.4 is 5.32 Å². The third-order valence-electron chi connectivity index (χ3n) is 2.58. The Labute approximate surface area is 122 Å². The molecule has 0 aliphatic rings. The molecule has 108 valence electrons. The number of carbonyl (C=O) groups is 1. The minimum Gasteiger partial charge on any atom is -0.395 e. The van der Waals surface area contributed by atoms with E-state index >= 15 is 0 Å². The fourth-order valence-electron chi connectivity index (χ4n) is 1.65. The van der Waals surface area contributed by atoms with Crippen LogP contribution in [0.1, 0.15) is 33.9 Å². The molecular weight excluding hydrogens is 270 g/mol. The van der Waals surface area contributed by atoms with Crippen LogP contribution in [0.25, 0.3) is 0 Å². The first-order valence-electron chi connectivity index (χ1n) is 6.46. The van der Waals surface area contributed by atoms with Crippen LogP contribution in [0.3, 0.4) is 0 Å². The van der Waals surface area contributed by atoms with Gasteiger partial charge in [0.1, 0.15) is 5.69 Å². The summed E-state index contributed by atoms with van der Waals surface area (Å²) < 4.78 is 5.02. The number of hydrogen-bond acceptors (Lipinski definition) is 5. The second-order valence-corrected chi connectivity index (χ2v) is 4.29. The lowest BCUT2D eigenvalue weighted by Gasteiger charge is -2.04. The Hall–Kier alpha value is -2.65. The number of carbonyl (C=O) groups excluding carboxylic acids is 1. The molecule has 0 spiro atoms.